The average molecular weight is 317 g/mol. The fourth-order valence-corrected chi connectivity index (χ4v) is 4.22. The first-order chi connectivity index (χ1) is 9.44. The number of carbonyl (C=O) groups excluding carboxylic acids is 1. The predicted octanol–water partition coefficient (Wildman–Crippen LogP) is 5.57. The molecule has 1 rings (SSSR count). The van der Waals surface area contributed by atoms with Crippen LogP contribution in [-0.4, -0.2) is 23.5 Å². The van der Waals surface area contributed by atoms with Crippen molar-refractivity contribution < 1.29 is 4.79 Å². The highest BCUT2D eigenvalue weighted by Gasteiger charge is 2.39. The number of hydrogen-bond acceptors (Lipinski definition) is 2. The van der Waals surface area contributed by atoms with Crippen molar-refractivity contribution in [2.75, 3.05) is 13.1 Å². The molecule has 0 amide bonds. The van der Waals surface area contributed by atoms with Gasteiger partial charge in [-0.3, -0.25) is 9.46 Å². The molecule has 1 heterocycles. The van der Waals surface area contributed by atoms with Crippen molar-refractivity contribution >= 4 is 15.2 Å². The fraction of sp³-hybridized carbons (Fsp3) is 0.944. The highest BCUT2D eigenvalue weighted by molar-refractivity contribution is 7.13. The van der Waals surface area contributed by atoms with Gasteiger partial charge in [0.25, 0.3) is 0 Å². The smallest absolute Gasteiger partial charge is 0.139 e. The summed E-state index contributed by atoms with van der Waals surface area (Å²) in [7, 11) is 2.82. The second-order valence-electron chi connectivity index (χ2n) is 7.89. The van der Waals surface area contributed by atoms with Crippen LogP contribution >= 0.6 is 9.39 Å². The molecule has 0 bridgehead atoms. The maximum absolute atomic E-state index is 12.4. The van der Waals surface area contributed by atoms with Crippen molar-refractivity contribution in [1.29, 1.82) is 0 Å². The van der Waals surface area contributed by atoms with Crippen LogP contribution in [0.4, 0.5) is 0 Å². The number of carbonyl (C=O) groups is 1. The minimum absolute atomic E-state index is 0.0660. The van der Waals surface area contributed by atoms with Crippen LogP contribution < -0.4 is 0 Å². The minimum Gasteiger partial charge on any atom is -0.299 e. The molecule has 0 aromatic heterocycles. The predicted molar refractivity (Wildman–Crippen MR) is 99.6 cm³/mol. The lowest BCUT2D eigenvalue weighted by molar-refractivity contribution is -0.130. The van der Waals surface area contributed by atoms with E-state index in [1.54, 1.807) is 0 Å². The Morgan fingerprint density at radius 1 is 0.857 bits per heavy atom. The number of ketones is 1. The molecule has 1 fully saturated rings. The molecule has 0 aliphatic carbocycles. The zero-order valence-corrected chi connectivity index (χ0v) is 17.4. The van der Waals surface area contributed by atoms with Gasteiger partial charge in [-0.25, -0.2) is 0 Å². The van der Waals surface area contributed by atoms with Gasteiger partial charge >= 0.3 is 0 Å². The lowest BCUT2D eigenvalue weighted by Crippen LogP contribution is -2.34. The monoisotopic (exact) mass is 317 g/mol. The number of rotatable bonds is 0. The Bertz CT molecular complexity index is 308. The molecule has 0 spiro atoms. The summed E-state index contributed by atoms with van der Waals surface area (Å²) >= 11 is 0. The molecular weight excluding hydrogens is 277 g/mol. The first kappa shape index (κ1) is 23.3. The summed E-state index contributed by atoms with van der Waals surface area (Å²) < 4.78 is 2.30. The molecule has 128 valence electrons. The van der Waals surface area contributed by atoms with Gasteiger partial charge in [0.15, 0.2) is 0 Å². The molecule has 1 atom stereocenters. The third-order valence-corrected chi connectivity index (χ3v) is 3.94. The zero-order chi connectivity index (χ0) is 17.5. The molecule has 0 aromatic rings. The van der Waals surface area contributed by atoms with Crippen molar-refractivity contribution in [3.05, 3.63) is 0 Å². The van der Waals surface area contributed by atoms with Crippen LogP contribution in [0.3, 0.4) is 0 Å². The van der Waals surface area contributed by atoms with Crippen LogP contribution in [0.2, 0.25) is 0 Å². The molecule has 21 heavy (non-hydrogen) atoms. The van der Waals surface area contributed by atoms with Crippen LogP contribution in [-0.2, 0) is 4.79 Å². The molecule has 0 saturated carbocycles. The van der Waals surface area contributed by atoms with Crippen LogP contribution in [0.25, 0.3) is 0 Å². The van der Waals surface area contributed by atoms with Gasteiger partial charge in [0.1, 0.15) is 5.78 Å². The molecule has 0 radical (unpaired) electrons. The van der Waals surface area contributed by atoms with Crippen molar-refractivity contribution in [2.24, 2.45) is 16.2 Å². The maximum atomic E-state index is 12.4. The van der Waals surface area contributed by atoms with E-state index in [-0.39, 0.29) is 16.2 Å². The van der Waals surface area contributed by atoms with E-state index in [2.05, 4.69) is 55.6 Å². The fourth-order valence-electron chi connectivity index (χ4n) is 3.24. The average Bonchev–Trinajstić information content (AvgIpc) is 2.30. The highest BCUT2D eigenvalue weighted by atomic mass is 31.0. The third-order valence-electron chi connectivity index (χ3n) is 3.58. The summed E-state index contributed by atoms with van der Waals surface area (Å²) in [6.07, 6.45) is 1.64. The highest BCUT2D eigenvalue weighted by Crippen LogP contribution is 2.41. The summed E-state index contributed by atoms with van der Waals surface area (Å²) in [5.41, 5.74) is 0.0501. The van der Waals surface area contributed by atoms with Gasteiger partial charge in [-0.15, -0.1) is 0 Å². The van der Waals surface area contributed by atoms with E-state index in [1.807, 2.05) is 27.7 Å². The Hall–Kier alpha value is 0.0600. The van der Waals surface area contributed by atoms with E-state index >= 15 is 0 Å². The van der Waals surface area contributed by atoms with Gasteiger partial charge < -0.3 is 0 Å². The standard InChI is InChI=1S/C14H28NOP.2C2H6/c1-12(2)7-11(16)14(5,6)8-13(3,4)10-15(17)9-12;2*1-2/h7-10,17H2,1-6H3;2*1-2H3. The summed E-state index contributed by atoms with van der Waals surface area (Å²) in [6, 6.07) is 0. The molecule has 2 nitrogen and oxygen atoms in total. The lowest BCUT2D eigenvalue weighted by Gasteiger charge is -2.35. The number of hydrogen-bond donors (Lipinski definition) is 0. The second-order valence-corrected chi connectivity index (χ2v) is 8.62. The molecule has 3 heteroatoms. The molecule has 1 aliphatic rings. The number of nitrogens with zero attached hydrogens (tertiary/aromatic N) is 1. The number of Topliss-reactive ketones (excluding diaryl/α,β-unsaturated/α-hetero) is 1. The van der Waals surface area contributed by atoms with Crippen LogP contribution in [0, 0.1) is 16.2 Å². The zero-order valence-electron chi connectivity index (χ0n) is 16.3. The Morgan fingerprint density at radius 3 is 1.67 bits per heavy atom. The Morgan fingerprint density at radius 2 is 1.24 bits per heavy atom. The van der Waals surface area contributed by atoms with Gasteiger partial charge in [-0.2, -0.15) is 0 Å². The topological polar surface area (TPSA) is 20.3 Å². The quantitative estimate of drug-likeness (QED) is 0.544. The molecule has 1 saturated heterocycles. The Kier molecular flexibility index (Phi) is 10.3. The van der Waals surface area contributed by atoms with Crippen molar-refractivity contribution in [3.63, 3.8) is 0 Å². The normalized spacial score (nSPS) is 24.2. The van der Waals surface area contributed by atoms with E-state index < -0.39 is 0 Å². The van der Waals surface area contributed by atoms with E-state index in [0.29, 0.717) is 12.2 Å². The van der Waals surface area contributed by atoms with E-state index in [1.165, 1.54) is 0 Å². The summed E-state index contributed by atoms with van der Waals surface area (Å²) in [5.74, 6) is 0.413. The maximum Gasteiger partial charge on any atom is 0.139 e. The lowest BCUT2D eigenvalue weighted by atomic mass is 9.70. The Balaban J connectivity index is 0. The van der Waals surface area contributed by atoms with Gasteiger partial charge in [-0.1, -0.05) is 78.6 Å². The van der Waals surface area contributed by atoms with E-state index in [0.717, 1.165) is 19.5 Å². The largest absolute Gasteiger partial charge is 0.299 e. The van der Waals surface area contributed by atoms with E-state index in [9.17, 15) is 4.79 Å². The second kappa shape index (κ2) is 9.26. The summed E-state index contributed by atoms with van der Waals surface area (Å²) in [4.78, 5) is 12.4. The molecule has 0 aromatic carbocycles. The minimum atomic E-state index is -0.198. The van der Waals surface area contributed by atoms with E-state index in [4.69, 9.17) is 0 Å². The van der Waals surface area contributed by atoms with Crippen LogP contribution in [0.1, 0.15) is 82.1 Å². The van der Waals surface area contributed by atoms with Gasteiger partial charge in [0.2, 0.25) is 0 Å². The summed E-state index contributed by atoms with van der Waals surface area (Å²) in [6.45, 7) is 23.1. The Labute approximate surface area is 136 Å². The molecule has 0 N–H and O–H groups in total. The first-order valence-corrected chi connectivity index (χ1v) is 8.98. The third kappa shape index (κ3) is 8.94. The van der Waals surface area contributed by atoms with Crippen LogP contribution in [0.5, 0.6) is 0 Å². The molecule has 1 unspecified atom stereocenters. The summed E-state index contributed by atoms with van der Waals surface area (Å²) in [5, 5.41) is 0. The van der Waals surface area contributed by atoms with Crippen molar-refractivity contribution in [1.82, 2.24) is 4.67 Å². The van der Waals surface area contributed by atoms with Gasteiger partial charge in [-0.05, 0) is 17.3 Å². The van der Waals surface area contributed by atoms with Gasteiger partial charge in [0, 0.05) is 24.9 Å². The van der Waals surface area contributed by atoms with Gasteiger partial charge in [0.05, 0.1) is 0 Å². The van der Waals surface area contributed by atoms with Crippen molar-refractivity contribution in [3.8, 4) is 0 Å². The van der Waals surface area contributed by atoms with Crippen LogP contribution in [0.15, 0.2) is 0 Å². The van der Waals surface area contributed by atoms with Crippen molar-refractivity contribution in [2.45, 2.75) is 82.1 Å². The molecular formula is C18H40NOP. The SMILES string of the molecule is CC.CC.CC1(C)CC(=O)C(C)(C)CC(C)(C)CN(P)C1. The first-order valence-electron chi connectivity index (χ1n) is 8.47. The molecule has 1 aliphatic heterocycles.